The molecule has 0 aliphatic carbocycles. The van der Waals surface area contributed by atoms with Crippen molar-refractivity contribution < 1.29 is 4.79 Å². The molecule has 1 amide bonds. The standard InChI is InChI=1S/C27H24N8O/c1-35(2)11-10-29-27(36)19-8-5-9-22-23(19)32-26(31-22)24-20-12-17(14-30-25(20)34-33-24)21-15-28-13-16-6-3-4-7-18(16)21/h3-9,12-15H,10-11H2,1-2H3,(H,29,36)(H,31,32)(H,30,33,34). The first-order valence-corrected chi connectivity index (χ1v) is 11.7. The van der Waals surface area contributed by atoms with Gasteiger partial charge in [-0.2, -0.15) is 5.10 Å². The molecule has 0 spiro atoms. The van der Waals surface area contributed by atoms with Gasteiger partial charge in [-0.25, -0.2) is 9.97 Å². The molecule has 9 nitrogen and oxygen atoms in total. The van der Waals surface area contributed by atoms with Crippen molar-refractivity contribution in [2.45, 2.75) is 0 Å². The zero-order chi connectivity index (χ0) is 24.6. The number of carbonyl (C=O) groups excluding carboxylic acids is 1. The number of amides is 1. The van der Waals surface area contributed by atoms with Gasteiger partial charge in [0.2, 0.25) is 0 Å². The van der Waals surface area contributed by atoms with Crippen molar-refractivity contribution >= 4 is 38.7 Å². The van der Waals surface area contributed by atoms with E-state index in [2.05, 4.69) is 36.5 Å². The van der Waals surface area contributed by atoms with Gasteiger partial charge >= 0.3 is 0 Å². The molecule has 0 unspecified atom stereocenters. The molecular weight excluding hydrogens is 452 g/mol. The number of nitrogens with one attached hydrogen (secondary N) is 3. The number of H-pyrrole nitrogens is 2. The minimum absolute atomic E-state index is 0.151. The second-order valence-corrected chi connectivity index (χ2v) is 8.95. The van der Waals surface area contributed by atoms with Gasteiger partial charge in [0.25, 0.3) is 5.91 Å². The molecule has 0 aliphatic heterocycles. The van der Waals surface area contributed by atoms with Crippen molar-refractivity contribution in [2.24, 2.45) is 0 Å². The Hall–Kier alpha value is -4.63. The average molecular weight is 477 g/mol. The normalized spacial score (nSPS) is 11.6. The van der Waals surface area contributed by atoms with E-state index < -0.39 is 0 Å². The van der Waals surface area contributed by atoms with E-state index in [0.717, 1.165) is 39.3 Å². The highest BCUT2D eigenvalue weighted by molar-refractivity contribution is 6.06. The van der Waals surface area contributed by atoms with Crippen molar-refractivity contribution in [3.63, 3.8) is 0 Å². The first-order chi connectivity index (χ1) is 17.6. The van der Waals surface area contributed by atoms with E-state index in [9.17, 15) is 4.79 Å². The van der Waals surface area contributed by atoms with Gasteiger partial charge in [0.15, 0.2) is 11.5 Å². The van der Waals surface area contributed by atoms with Crippen LogP contribution >= 0.6 is 0 Å². The maximum Gasteiger partial charge on any atom is 0.253 e. The van der Waals surface area contributed by atoms with E-state index in [-0.39, 0.29) is 5.91 Å². The number of likely N-dealkylation sites (N-methyl/N-ethyl adjacent to an activating group) is 1. The van der Waals surface area contributed by atoms with Crippen LogP contribution in [0, 0.1) is 0 Å². The highest BCUT2D eigenvalue weighted by Crippen LogP contribution is 2.32. The molecule has 0 atom stereocenters. The minimum Gasteiger partial charge on any atom is -0.351 e. The number of hydrogen-bond donors (Lipinski definition) is 3. The number of aromatic amines is 2. The summed E-state index contributed by atoms with van der Waals surface area (Å²) in [7, 11) is 3.94. The minimum atomic E-state index is -0.151. The largest absolute Gasteiger partial charge is 0.351 e. The molecule has 36 heavy (non-hydrogen) atoms. The van der Waals surface area contributed by atoms with Crippen LogP contribution in [-0.4, -0.2) is 68.1 Å². The number of benzene rings is 2. The number of fused-ring (bicyclic) bond motifs is 3. The fourth-order valence-corrected chi connectivity index (χ4v) is 4.40. The Kier molecular flexibility index (Phi) is 5.38. The molecule has 0 bridgehead atoms. The number of pyridine rings is 2. The Labute approximate surface area is 206 Å². The quantitative estimate of drug-likeness (QED) is 0.335. The van der Waals surface area contributed by atoms with Gasteiger partial charge in [-0.3, -0.25) is 14.9 Å². The summed E-state index contributed by atoms with van der Waals surface area (Å²) in [6.07, 6.45) is 5.52. The third-order valence-corrected chi connectivity index (χ3v) is 6.23. The number of carbonyl (C=O) groups is 1. The maximum absolute atomic E-state index is 12.8. The lowest BCUT2D eigenvalue weighted by molar-refractivity contribution is 0.0952. The van der Waals surface area contributed by atoms with E-state index in [0.29, 0.717) is 34.8 Å². The summed E-state index contributed by atoms with van der Waals surface area (Å²) in [5.74, 6) is 0.443. The fourth-order valence-electron chi connectivity index (χ4n) is 4.40. The van der Waals surface area contributed by atoms with Crippen molar-refractivity contribution in [3.05, 3.63) is 72.7 Å². The number of imidazole rings is 1. The summed E-state index contributed by atoms with van der Waals surface area (Å²) in [5, 5.41) is 13.4. The SMILES string of the molecule is CN(C)CCNC(=O)c1cccc2[nH]c(-c3[nH]nc4ncc(-c5cncc6ccccc56)cc34)nc12. The van der Waals surface area contributed by atoms with E-state index >= 15 is 0 Å². The van der Waals surface area contributed by atoms with Crippen molar-refractivity contribution in [1.82, 2.24) is 40.3 Å². The van der Waals surface area contributed by atoms with Crippen LogP contribution in [0.3, 0.4) is 0 Å². The molecule has 2 aromatic carbocycles. The first kappa shape index (κ1) is 21.9. The second-order valence-electron chi connectivity index (χ2n) is 8.95. The zero-order valence-electron chi connectivity index (χ0n) is 19.9. The van der Waals surface area contributed by atoms with Gasteiger partial charge in [0.05, 0.1) is 16.5 Å². The third kappa shape index (κ3) is 3.85. The maximum atomic E-state index is 12.8. The average Bonchev–Trinajstić information content (AvgIpc) is 3.51. The Morgan fingerprint density at radius 3 is 2.81 bits per heavy atom. The summed E-state index contributed by atoms with van der Waals surface area (Å²) in [6, 6.07) is 15.7. The summed E-state index contributed by atoms with van der Waals surface area (Å²) in [5.41, 5.74) is 5.14. The molecule has 6 rings (SSSR count). The van der Waals surface area contributed by atoms with Crippen LogP contribution in [0.4, 0.5) is 0 Å². The molecule has 9 heteroatoms. The predicted octanol–water partition coefficient (Wildman–Crippen LogP) is 4.01. The van der Waals surface area contributed by atoms with Crippen LogP contribution in [0.15, 0.2) is 67.1 Å². The van der Waals surface area contributed by atoms with Crippen molar-refractivity contribution in [1.29, 1.82) is 0 Å². The van der Waals surface area contributed by atoms with E-state index in [1.807, 2.05) is 74.0 Å². The molecule has 4 aromatic heterocycles. The predicted molar refractivity (Wildman–Crippen MR) is 141 cm³/mol. The monoisotopic (exact) mass is 476 g/mol. The Morgan fingerprint density at radius 1 is 1.03 bits per heavy atom. The zero-order valence-corrected chi connectivity index (χ0v) is 19.9. The lowest BCUT2D eigenvalue weighted by Gasteiger charge is -2.10. The van der Waals surface area contributed by atoms with Crippen molar-refractivity contribution in [3.8, 4) is 22.6 Å². The molecule has 0 saturated heterocycles. The Bertz CT molecular complexity index is 1730. The molecule has 0 saturated carbocycles. The second kappa shape index (κ2) is 8.86. The molecular formula is C27H24N8O. The fraction of sp³-hybridized carbons (Fsp3) is 0.148. The molecule has 4 heterocycles. The van der Waals surface area contributed by atoms with Crippen molar-refractivity contribution in [2.75, 3.05) is 27.2 Å². The highest BCUT2D eigenvalue weighted by Gasteiger charge is 2.18. The van der Waals surface area contributed by atoms with Gasteiger partial charge in [-0.05, 0) is 37.7 Å². The van der Waals surface area contributed by atoms with Crippen LogP contribution < -0.4 is 5.32 Å². The molecule has 6 aromatic rings. The number of nitrogens with zero attached hydrogens (tertiary/aromatic N) is 5. The first-order valence-electron chi connectivity index (χ1n) is 11.7. The molecule has 0 aliphatic rings. The summed E-state index contributed by atoms with van der Waals surface area (Å²) < 4.78 is 0. The van der Waals surface area contributed by atoms with Crippen LogP contribution in [0.1, 0.15) is 10.4 Å². The van der Waals surface area contributed by atoms with Gasteiger partial charge in [0, 0.05) is 48.2 Å². The van der Waals surface area contributed by atoms with Gasteiger partial charge in [-0.15, -0.1) is 0 Å². The van der Waals surface area contributed by atoms with E-state index in [1.165, 1.54) is 0 Å². The smallest absolute Gasteiger partial charge is 0.253 e. The van der Waals surface area contributed by atoms with E-state index in [1.54, 1.807) is 6.07 Å². The number of aromatic nitrogens is 6. The van der Waals surface area contributed by atoms with Gasteiger partial charge < -0.3 is 15.2 Å². The van der Waals surface area contributed by atoms with Gasteiger partial charge in [-0.1, -0.05) is 30.3 Å². The van der Waals surface area contributed by atoms with Crippen LogP contribution in [0.25, 0.3) is 55.5 Å². The highest BCUT2D eigenvalue weighted by atomic mass is 16.1. The lowest BCUT2D eigenvalue weighted by Crippen LogP contribution is -2.31. The molecule has 178 valence electrons. The summed E-state index contributed by atoms with van der Waals surface area (Å²) in [4.78, 5) is 32.0. The number of hydrogen-bond acceptors (Lipinski definition) is 6. The molecule has 0 fully saturated rings. The van der Waals surface area contributed by atoms with Crippen LogP contribution in [0.5, 0.6) is 0 Å². The number of para-hydroxylation sites is 1. The van der Waals surface area contributed by atoms with Crippen LogP contribution in [0.2, 0.25) is 0 Å². The Morgan fingerprint density at radius 2 is 1.92 bits per heavy atom. The molecule has 0 radical (unpaired) electrons. The Balaban J connectivity index is 1.41. The van der Waals surface area contributed by atoms with Crippen LogP contribution in [-0.2, 0) is 0 Å². The summed E-state index contributed by atoms with van der Waals surface area (Å²) >= 11 is 0. The third-order valence-electron chi connectivity index (χ3n) is 6.23. The van der Waals surface area contributed by atoms with Gasteiger partial charge in [0.1, 0.15) is 11.2 Å². The van der Waals surface area contributed by atoms with E-state index in [4.69, 9.17) is 4.98 Å². The lowest BCUT2D eigenvalue weighted by atomic mass is 10.0. The summed E-state index contributed by atoms with van der Waals surface area (Å²) in [6.45, 7) is 1.32. The topological polar surface area (TPSA) is 115 Å². The molecule has 3 N–H and O–H groups in total. The number of rotatable bonds is 6.